The summed E-state index contributed by atoms with van der Waals surface area (Å²) in [6.07, 6.45) is 2.21. The molecule has 0 saturated heterocycles. The molecule has 0 aliphatic heterocycles. The highest BCUT2D eigenvalue weighted by atomic mass is 35.5. The van der Waals surface area contributed by atoms with Gasteiger partial charge < -0.3 is 5.32 Å². The zero-order valence-corrected chi connectivity index (χ0v) is 18.4. The highest BCUT2D eigenvalue weighted by molar-refractivity contribution is 7.80. The summed E-state index contributed by atoms with van der Waals surface area (Å²) >= 11 is 16.7. The van der Waals surface area contributed by atoms with Crippen LogP contribution in [0.2, 0.25) is 10.0 Å². The Hall–Kier alpha value is -2.68. The summed E-state index contributed by atoms with van der Waals surface area (Å²) in [6, 6.07) is 10.7. The minimum Gasteiger partial charge on any atom is -0.326 e. The Morgan fingerprint density at radius 3 is 2.13 bits per heavy atom. The Morgan fingerprint density at radius 1 is 0.900 bits per heavy atom. The molecule has 30 heavy (non-hydrogen) atoms. The fourth-order valence-electron chi connectivity index (χ4n) is 2.34. The van der Waals surface area contributed by atoms with Crippen molar-refractivity contribution in [1.29, 1.82) is 0 Å². The average Bonchev–Trinajstić information content (AvgIpc) is 2.70. The topological polar surface area (TPSA) is 99.3 Å². The Labute approximate surface area is 189 Å². The van der Waals surface area contributed by atoms with Gasteiger partial charge in [0.25, 0.3) is 11.8 Å². The third-order valence-corrected chi connectivity index (χ3v) is 4.47. The van der Waals surface area contributed by atoms with Gasteiger partial charge in [0.2, 0.25) is 5.91 Å². The predicted molar refractivity (Wildman–Crippen MR) is 122 cm³/mol. The second-order valence-electron chi connectivity index (χ2n) is 6.25. The van der Waals surface area contributed by atoms with E-state index in [1.54, 1.807) is 24.3 Å². The number of rotatable bonds is 6. The van der Waals surface area contributed by atoms with Crippen LogP contribution in [0, 0.1) is 0 Å². The Balaban J connectivity index is 1.83. The summed E-state index contributed by atoms with van der Waals surface area (Å²) in [6.45, 7) is 2.01. The SMILES string of the molecule is CCCCC(=O)Nc1ccc(C(=O)NNC(=S)NC(=O)c2cc(Cl)cc(Cl)c2)cc1. The van der Waals surface area contributed by atoms with Gasteiger partial charge in [0.15, 0.2) is 5.11 Å². The minimum absolute atomic E-state index is 0.0715. The van der Waals surface area contributed by atoms with Crippen molar-refractivity contribution in [1.82, 2.24) is 16.2 Å². The third-order valence-electron chi connectivity index (χ3n) is 3.83. The van der Waals surface area contributed by atoms with Crippen molar-refractivity contribution in [3.63, 3.8) is 0 Å². The van der Waals surface area contributed by atoms with Crippen LogP contribution < -0.4 is 21.5 Å². The molecule has 2 rings (SSSR count). The molecule has 0 unspecified atom stereocenters. The van der Waals surface area contributed by atoms with E-state index in [9.17, 15) is 14.4 Å². The second kappa shape index (κ2) is 11.5. The number of hydrogen-bond acceptors (Lipinski definition) is 4. The van der Waals surface area contributed by atoms with Crippen LogP contribution in [0.1, 0.15) is 46.9 Å². The molecule has 10 heteroatoms. The van der Waals surface area contributed by atoms with Crippen LogP contribution in [0.3, 0.4) is 0 Å². The number of hydrazine groups is 1. The molecule has 0 atom stereocenters. The quantitative estimate of drug-likeness (QED) is 0.379. The second-order valence-corrected chi connectivity index (χ2v) is 7.53. The van der Waals surface area contributed by atoms with Gasteiger partial charge in [0.05, 0.1) is 0 Å². The normalized spacial score (nSPS) is 10.1. The Kier molecular flexibility index (Phi) is 9.04. The number of halogens is 2. The monoisotopic (exact) mass is 466 g/mol. The van der Waals surface area contributed by atoms with Crippen LogP contribution in [-0.4, -0.2) is 22.8 Å². The number of carbonyl (C=O) groups excluding carboxylic acids is 3. The van der Waals surface area contributed by atoms with Crippen molar-refractivity contribution in [3.05, 3.63) is 63.6 Å². The number of carbonyl (C=O) groups is 3. The van der Waals surface area contributed by atoms with Crippen molar-refractivity contribution in [2.24, 2.45) is 0 Å². The molecule has 0 fully saturated rings. The third kappa shape index (κ3) is 7.62. The number of thiocarbonyl (C=S) groups is 1. The number of anilines is 1. The van der Waals surface area contributed by atoms with E-state index >= 15 is 0 Å². The number of hydrogen-bond donors (Lipinski definition) is 4. The maximum absolute atomic E-state index is 12.2. The molecule has 7 nitrogen and oxygen atoms in total. The molecule has 3 amide bonds. The van der Waals surface area contributed by atoms with Gasteiger partial charge in [-0.05, 0) is 61.1 Å². The molecule has 2 aromatic rings. The van der Waals surface area contributed by atoms with Crippen LogP contribution in [0.5, 0.6) is 0 Å². The predicted octanol–water partition coefficient (Wildman–Crippen LogP) is 4.07. The standard InChI is InChI=1S/C20H20Cl2N4O3S/c1-2-3-4-17(27)23-16-7-5-12(6-8-16)19(29)25-26-20(30)24-18(28)13-9-14(21)11-15(22)10-13/h5-11H,2-4H2,1H3,(H,23,27)(H,25,29)(H2,24,26,28,30). The minimum atomic E-state index is -0.533. The summed E-state index contributed by atoms with van der Waals surface area (Å²) < 4.78 is 0. The summed E-state index contributed by atoms with van der Waals surface area (Å²) in [5.41, 5.74) is 5.99. The van der Waals surface area contributed by atoms with Gasteiger partial charge in [-0.3, -0.25) is 30.6 Å². The van der Waals surface area contributed by atoms with Gasteiger partial charge in [-0.15, -0.1) is 0 Å². The molecule has 158 valence electrons. The number of benzene rings is 2. The van der Waals surface area contributed by atoms with Gasteiger partial charge >= 0.3 is 0 Å². The molecular weight excluding hydrogens is 447 g/mol. The van der Waals surface area contributed by atoms with Gasteiger partial charge in [0.1, 0.15) is 0 Å². The van der Waals surface area contributed by atoms with Crippen molar-refractivity contribution in [3.8, 4) is 0 Å². The maximum atomic E-state index is 12.2. The molecule has 0 bridgehead atoms. The van der Waals surface area contributed by atoms with E-state index in [0.717, 1.165) is 12.8 Å². The number of nitrogens with one attached hydrogen (secondary N) is 4. The van der Waals surface area contributed by atoms with Gasteiger partial charge in [0, 0.05) is 33.3 Å². The van der Waals surface area contributed by atoms with Crippen LogP contribution >= 0.6 is 35.4 Å². The van der Waals surface area contributed by atoms with E-state index in [0.29, 0.717) is 27.7 Å². The fourth-order valence-corrected chi connectivity index (χ4v) is 3.01. The first-order valence-electron chi connectivity index (χ1n) is 9.06. The molecule has 0 saturated carbocycles. The first kappa shape index (κ1) is 23.6. The van der Waals surface area contributed by atoms with Crippen LogP contribution in [0.15, 0.2) is 42.5 Å². The molecule has 0 aromatic heterocycles. The van der Waals surface area contributed by atoms with E-state index in [1.807, 2.05) is 6.92 Å². The van der Waals surface area contributed by atoms with Crippen molar-refractivity contribution < 1.29 is 14.4 Å². The molecule has 2 aromatic carbocycles. The van der Waals surface area contributed by atoms with E-state index < -0.39 is 11.8 Å². The van der Waals surface area contributed by atoms with Crippen LogP contribution in [0.4, 0.5) is 5.69 Å². The molecule has 0 aliphatic carbocycles. The lowest BCUT2D eigenvalue weighted by Crippen LogP contribution is -2.48. The van der Waals surface area contributed by atoms with Gasteiger partial charge in [-0.2, -0.15) is 0 Å². The zero-order valence-electron chi connectivity index (χ0n) is 16.1. The fraction of sp³-hybridized carbons (Fsp3) is 0.200. The lowest BCUT2D eigenvalue weighted by Gasteiger charge is -2.11. The van der Waals surface area contributed by atoms with Crippen molar-refractivity contribution >= 4 is 63.9 Å². The van der Waals surface area contributed by atoms with Gasteiger partial charge in [-0.1, -0.05) is 36.5 Å². The molecule has 0 radical (unpaired) electrons. The molecule has 0 heterocycles. The number of amides is 3. The lowest BCUT2D eigenvalue weighted by molar-refractivity contribution is -0.116. The lowest BCUT2D eigenvalue weighted by atomic mass is 10.2. The van der Waals surface area contributed by atoms with Crippen molar-refractivity contribution in [2.45, 2.75) is 26.2 Å². The van der Waals surface area contributed by atoms with Crippen LogP contribution in [-0.2, 0) is 4.79 Å². The molecule has 0 spiro atoms. The van der Waals surface area contributed by atoms with Gasteiger partial charge in [-0.25, -0.2) is 0 Å². The first-order chi connectivity index (χ1) is 14.3. The zero-order chi connectivity index (χ0) is 22.1. The van der Waals surface area contributed by atoms with E-state index in [4.69, 9.17) is 35.4 Å². The summed E-state index contributed by atoms with van der Waals surface area (Å²) in [7, 11) is 0. The average molecular weight is 467 g/mol. The smallest absolute Gasteiger partial charge is 0.269 e. The summed E-state index contributed by atoms with van der Waals surface area (Å²) in [5, 5.41) is 5.68. The highest BCUT2D eigenvalue weighted by Gasteiger charge is 2.11. The summed E-state index contributed by atoms with van der Waals surface area (Å²) in [4.78, 5) is 36.1. The first-order valence-corrected chi connectivity index (χ1v) is 10.2. The van der Waals surface area contributed by atoms with E-state index in [-0.39, 0.29) is 16.6 Å². The van der Waals surface area contributed by atoms with Crippen molar-refractivity contribution in [2.75, 3.05) is 5.32 Å². The van der Waals surface area contributed by atoms with Crippen LogP contribution in [0.25, 0.3) is 0 Å². The number of unbranched alkanes of at least 4 members (excludes halogenated alkanes) is 1. The highest BCUT2D eigenvalue weighted by Crippen LogP contribution is 2.18. The van der Waals surface area contributed by atoms with E-state index in [2.05, 4.69) is 21.5 Å². The molecule has 0 aliphatic rings. The Bertz CT molecular complexity index is 931. The largest absolute Gasteiger partial charge is 0.326 e. The molecule has 4 N–H and O–H groups in total. The van der Waals surface area contributed by atoms with E-state index in [1.165, 1.54) is 18.2 Å². The maximum Gasteiger partial charge on any atom is 0.269 e. The molecular formula is C20H20Cl2N4O3S. The Morgan fingerprint density at radius 2 is 1.53 bits per heavy atom. The summed E-state index contributed by atoms with van der Waals surface area (Å²) in [5.74, 6) is -1.08.